The van der Waals surface area contributed by atoms with Crippen molar-refractivity contribution in [1.82, 2.24) is 4.98 Å². The van der Waals surface area contributed by atoms with E-state index in [1.165, 1.54) is 12.1 Å². The number of pyridine rings is 1. The molecule has 1 unspecified atom stereocenters. The van der Waals surface area contributed by atoms with Crippen molar-refractivity contribution in [3.8, 4) is 0 Å². The molecule has 5 heteroatoms. The van der Waals surface area contributed by atoms with Gasteiger partial charge in [0, 0.05) is 18.1 Å². The fourth-order valence-corrected chi connectivity index (χ4v) is 2.21. The van der Waals surface area contributed by atoms with Crippen molar-refractivity contribution in [2.24, 2.45) is 0 Å². The zero-order valence-electron chi connectivity index (χ0n) is 13.7. The molecule has 2 rings (SSSR count). The van der Waals surface area contributed by atoms with Crippen LogP contribution < -0.4 is 4.90 Å². The fraction of sp³-hybridized carbons (Fsp3) is 0.263. The normalized spacial score (nSPS) is 11.8. The minimum Gasteiger partial charge on any atom is -0.368 e. The van der Waals surface area contributed by atoms with Crippen LogP contribution in [-0.4, -0.2) is 23.6 Å². The Morgan fingerprint density at radius 2 is 2.12 bits per heavy atom. The molecule has 0 aliphatic heterocycles. The summed E-state index contributed by atoms with van der Waals surface area (Å²) in [5, 5.41) is 0. The van der Waals surface area contributed by atoms with Crippen molar-refractivity contribution in [2.75, 3.05) is 11.5 Å². The minimum absolute atomic E-state index is 0.186. The summed E-state index contributed by atoms with van der Waals surface area (Å²) < 4.78 is 18.8. The molecule has 0 saturated heterocycles. The third-order valence-corrected chi connectivity index (χ3v) is 3.51. The van der Waals surface area contributed by atoms with E-state index < -0.39 is 6.10 Å². The van der Waals surface area contributed by atoms with Gasteiger partial charge in [-0.3, -0.25) is 9.78 Å². The Balaban J connectivity index is 2.19. The zero-order chi connectivity index (χ0) is 17.4. The molecule has 4 nitrogen and oxygen atoms in total. The van der Waals surface area contributed by atoms with Crippen LogP contribution in [0.5, 0.6) is 0 Å². The van der Waals surface area contributed by atoms with Crippen LogP contribution in [0.4, 0.5) is 10.1 Å². The number of amides is 1. The molecule has 1 aromatic heterocycles. The highest BCUT2D eigenvalue weighted by Gasteiger charge is 2.23. The Morgan fingerprint density at radius 1 is 1.38 bits per heavy atom. The lowest BCUT2D eigenvalue weighted by atomic mass is 10.2. The number of carbonyl (C=O) groups is 1. The molecule has 1 heterocycles. The Hall–Kier alpha value is -2.53. The van der Waals surface area contributed by atoms with E-state index in [9.17, 15) is 9.18 Å². The first kappa shape index (κ1) is 17.8. The topological polar surface area (TPSA) is 42.4 Å². The van der Waals surface area contributed by atoms with Crippen LogP contribution in [-0.2, 0) is 16.1 Å². The Kier molecular flexibility index (Phi) is 6.63. The van der Waals surface area contributed by atoms with Crippen LogP contribution in [0.3, 0.4) is 0 Å². The quantitative estimate of drug-likeness (QED) is 0.548. The number of hydrogen-bond donors (Lipinski definition) is 0. The van der Waals surface area contributed by atoms with Gasteiger partial charge in [-0.2, -0.15) is 0 Å². The molecule has 1 atom stereocenters. The average molecular weight is 328 g/mol. The maximum atomic E-state index is 13.2. The summed E-state index contributed by atoms with van der Waals surface area (Å²) in [5.41, 5.74) is 1.50. The molecule has 24 heavy (non-hydrogen) atoms. The van der Waals surface area contributed by atoms with Crippen LogP contribution in [0.25, 0.3) is 0 Å². The number of anilines is 1. The van der Waals surface area contributed by atoms with E-state index in [-0.39, 0.29) is 11.7 Å². The minimum atomic E-state index is -0.605. The van der Waals surface area contributed by atoms with Crippen LogP contribution in [0.2, 0.25) is 0 Å². The second-order valence-electron chi connectivity index (χ2n) is 5.35. The summed E-state index contributed by atoms with van der Waals surface area (Å²) in [7, 11) is 0. The number of carbonyl (C=O) groups excluding carboxylic acids is 1. The van der Waals surface area contributed by atoms with Crippen LogP contribution in [0, 0.1) is 5.82 Å². The lowest BCUT2D eigenvalue weighted by Gasteiger charge is -2.26. The third kappa shape index (κ3) is 4.99. The van der Waals surface area contributed by atoms with Gasteiger partial charge in [0.1, 0.15) is 11.9 Å². The molecule has 0 fully saturated rings. The maximum absolute atomic E-state index is 13.2. The number of ether oxygens (including phenoxy) is 1. The maximum Gasteiger partial charge on any atom is 0.256 e. The van der Waals surface area contributed by atoms with E-state index in [1.807, 2.05) is 12.1 Å². The lowest BCUT2D eigenvalue weighted by Crippen LogP contribution is -2.39. The van der Waals surface area contributed by atoms with Crippen molar-refractivity contribution in [2.45, 2.75) is 26.0 Å². The molecule has 0 bridgehead atoms. The summed E-state index contributed by atoms with van der Waals surface area (Å²) in [6.45, 7) is 6.12. The molecule has 0 aliphatic carbocycles. The highest BCUT2D eigenvalue weighted by molar-refractivity contribution is 5.96. The lowest BCUT2D eigenvalue weighted by molar-refractivity contribution is -0.129. The second-order valence-corrected chi connectivity index (χ2v) is 5.35. The molecular weight excluding hydrogens is 307 g/mol. The van der Waals surface area contributed by atoms with Gasteiger partial charge in [0.2, 0.25) is 0 Å². The number of rotatable bonds is 8. The average Bonchev–Trinajstić information content (AvgIpc) is 2.61. The number of benzene rings is 1. The molecule has 0 radical (unpaired) electrons. The number of aromatic nitrogens is 1. The van der Waals surface area contributed by atoms with E-state index >= 15 is 0 Å². The molecule has 0 aliphatic rings. The van der Waals surface area contributed by atoms with E-state index in [0.717, 1.165) is 5.56 Å². The first-order valence-corrected chi connectivity index (χ1v) is 7.80. The van der Waals surface area contributed by atoms with Gasteiger partial charge in [-0.1, -0.05) is 12.1 Å². The van der Waals surface area contributed by atoms with Gasteiger partial charge in [0.15, 0.2) is 0 Å². The largest absolute Gasteiger partial charge is 0.368 e. The molecular formula is C19H21FN2O2. The molecule has 1 aromatic carbocycles. The number of hydrogen-bond acceptors (Lipinski definition) is 3. The first-order chi connectivity index (χ1) is 11.6. The van der Waals surface area contributed by atoms with Gasteiger partial charge >= 0.3 is 0 Å². The second kappa shape index (κ2) is 8.93. The summed E-state index contributed by atoms with van der Waals surface area (Å²) in [4.78, 5) is 18.4. The molecule has 2 aromatic rings. The summed E-state index contributed by atoms with van der Waals surface area (Å²) in [6, 6.07) is 9.54. The molecule has 0 saturated carbocycles. The van der Waals surface area contributed by atoms with Gasteiger partial charge in [0.25, 0.3) is 5.91 Å². The van der Waals surface area contributed by atoms with Crippen molar-refractivity contribution in [3.63, 3.8) is 0 Å². The van der Waals surface area contributed by atoms with E-state index in [2.05, 4.69) is 11.6 Å². The van der Waals surface area contributed by atoms with Gasteiger partial charge in [-0.15, -0.1) is 6.58 Å². The monoisotopic (exact) mass is 328 g/mol. The van der Waals surface area contributed by atoms with Crippen molar-refractivity contribution in [3.05, 3.63) is 72.8 Å². The SMILES string of the molecule is C=CCCOC(C)C(=O)N(Cc1cccnc1)c1ccc(F)cc1. The summed E-state index contributed by atoms with van der Waals surface area (Å²) >= 11 is 0. The van der Waals surface area contributed by atoms with E-state index in [1.54, 1.807) is 42.4 Å². The Morgan fingerprint density at radius 3 is 2.75 bits per heavy atom. The van der Waals surface area contributed by atoms with Crippen molar-refractivity contribution in [1.29, 1.82) is 0 Å². The van der Waals surface area contributed by atoms with Gasteiger partial charge in [0.05, 0.1) is 13.2 Å². The van der Waals surface area contributed by atoms with E-state index in [4.69, 9.17) is 4.74 Å². The van der Waals surface area contributed by atoms with Crippen LogP contribution in [0.1, 0.15) is 18.9 Å². The number of nitrogens with zero attached hydrogens (tertiary/aromatic N) is 2. The summed E-state index contributed by atoms with van der Waals surface area (Å²) in [5.74, 6) is -0.530. The first-order valence-electron chi connectivity index (χ1n) is 7.80. The Bertz CT molecular complexity index is 659. The van der Waals surface area contributed by atoms with Crippen LogP contribution in [0.15, 0.2) is 61.4 Å². The highest BCUT2D eigenvalue weighted by atomic mass is 19.1. The molecule has 0 N–H and O–H groups in total. The standard InChI is InChI=1S/C19H21FN2O2/c1-3-4-12-24-15(2)19(23)22(14-16-6-5-11-21-13-16)18-9-7-17(20)8-10-18/h3,5-11,13,15H,1,4,12,14H2,2H3. The Labute approximate surface area is 141 Å². The van der Waals surface area contributed by atoms with E-state index in [0.29, 0.717) is 25.3 Å². The molecule has 126 valence electrons. The van der Waals surface area contributed by atoms with Gasteiger partial charge < -0.3 is 9.64 Å². The zero-order valence-corrected chi connectivity index (χ0v) is 13.7. The van der Waals surface area contributed by atoms with Gasteiger partial charge in [-0.05, 0) is 49.2 Å². The van der Waals surface area contributed by atoms with Crippen LogP contribution >= 0.6 is 0 Å². The van der Waals surface area contributed by atoms with Crippen molar-refractivity contribution >= 4 is 11.6 Å². The fourth-order valence-electron chi connectivity index (χ4n) is 2.21. The van der Waals surface area contributed by atoms with Gasteiger partial charge in [-0.25, -0.2) is 4.39 Å². The third-order valence-electron chi connectivity index (χ3n) is 3.51. The predicted molar refractivity (Wildman–Crippen MR) is 92.1 cm³/mol. The smallest absolute Gasteiger partial charge is 0.256 e. The predicted octanol–water partition coefficient (Wildman–Crippen LogP) is 3.74. The van der Waals surface area contributed by atoms with Crippen molar-refractivity contribution < 1.29 is 13.9 Å². The highest BCUT2D eigenvalue weighted by Crippen LogP contribution is 2.19. The molecule has 0 spiro atoms. The molecule has 1 amide bonds. The number of halogens is 1. The summed E-state index contributed by atoms with van der Waals surface area (Å²) in [6.07, 6.45) is 5.19.